The van der Waals surface area contributed by atoms with Gasteiger partial charge in [0.05, 0.1) is 18.5 Å². The monoisotopic (exact) mass is 263 g/mol. The number of amides is 2. The summed E-state index contributed by atoms with van der Waals surface area (Å²) in [4.78, 5) is 13.9. The van der Waals surface area contributed by atoms with E-state index in [2.05, 4.69) is 12.2 Å². The number of methoxy groups -OCH3 is 1. The van der Waals surface area contributed by atoms with E-state index in [-0.39, 0.29) is 6.03 Å². The van der Waals surface area contributed by atoms with Gasteiger partial charge in [0, 0.05) is 19.2 Å². The van der Waals surface area contributed by atoms with Crippen LogP contribution in [0.3, 0.4) is 0 Å². The lowest BCUT2D eigenvalue weighted by atomic mass is 10.00. The number of ether oxygens (including phenoxy) is 1. The molecule has 1 aromatic carbocycles. The summed E-state index contributed by atoms with van der Waals surface area (Å²) < 4.78 is 5.08. The molecule has 0 bridgehead atoms. The first kappa shape index (κ1) is 13.5. The van der Waals surface area contributed by atoms with Crippen LogP contribution in [0, 0.1) is 5.92 Å². The van der Waals surface area contributed by atoms with E-state index in [9.17, 15) is 4.79 Å². The lowest BCUT2D eigenvalue weighted by molar-refractivity contribution is 0.186. The van der Waals surface area contributed by atoms with E-state index < -0.39 is 0 Å². The molecular weight excluding hydrogens is 242 g/mol. The molecule has 19 heavy (non-hydrogen) atoms. The summed E-state index contributed by atoms with van der Waals surface area (Å²) in [6.07, 6.45) is 2.12. The molecule has 0 aliphatic carbocycles. The summed E-state index contributed by atoms with van der Waals surface area (Å²) >= 11 is 0. The minimum Gasteiger partial charge on any atom is -0.497 e. The van der Waals surface area contributed by atoms with Crippen LogP contribution in [0.25, 0.3) is 0 Å². The number of nitrogens with zero attached hydrogens (tertiary/aromatic N) is 1. The van der Waals surface area contributed by atoms with E-state index in [1.165, 1.54) is 0 Å². The lowest BCUT2D eigenvalue weighted by Crippen LogP contribution is -2.40. The van der Waals surface area contributed by atoms with Crippen LogP contribution in [0.2, 0.25) is 0 Å². The molecule has 1 aliphatic rings. The van der Waals surface area contributed by atoms with Gasteiger partial charge in [-0.3, -0.25) is 0 Å². The topological polar surface area (TPSA) is 67.6 Å². The SMILES string of the molecule is COc1ccc(NC(=O)N2CCC(C)CC2)c(N)c1. The van der Waals surface area contributed by atoms with Gasteiger partial charge in [-0.1, -0.05) is 6.92 Å². The molecule has 5 heteroatoms. The van der Waals surface area contributed by atoms with Crippen LogP contribution < -0.4 is 15.8 Å². The Morgan fingerprint density at radius 1 is 1.42 bits per heavy atom. The quantitative estimate of drug-likeness (QED) is 0.806. The van der Waals surface area contributed by atoms with E-state index in [0.717, 1.165) is 25.9 Å². The Balaban J connectivity index is 1.99. The van der Waals surface area contributed by atoms with Crippen molar-refractivity contribution < 1.29 is 9.53 Å². The van der Waals surface area contributed by atoms with Crippen LogP contribution in [-0.4, -0.2) is 31.1 Å². The summed E-state index contributed by atoms with van der Waals surface area (Å²) in [5, 5.41) is 2.85. The Morgan fingerprint density at radius 3 is 2.68 bits per heavy atom. The fraction of sp³-hybridized carbons (Fsp3) is 0.500. The van der Waals surface area contributed by atoms with Crippen molar-refractivity contribution in [3.05, 3.63) is 18.2 Å². The zero-order chi connectivity index (χ0) is 13.8. The van der Waals surface area contributed by atoms with Gasteiger partial charge in [-0.2, -0.15) is 0 Å². The fourth-order valence-corrected chi connectivity index (χ4v) is 2.19. The number of carbonyl (C=O) groups is 1. The van der Waals surface area contributed by atoms with Crippen LogP contribution in [0.15, 0.2) is 18.2 Å². The number of nitrogen functional groups attached to an aromatic ring is 1. The van der Waals surface area contributed by atoms with E-state index >= 15 is 0 Å². The molecule has 1 heterocycles. The van der Waals surface area contributed by atoms with Crippen molar-refractivity contribution in [3.8, 4) is 5.75 Å². The minimum absolute atomic E-state index is 0.0798. The molecule has 0 radical (unpaired) electrons. The number of hydrogen-bond donors (Lipinski definition) is 2. The predicted molar refractivity (Wildman–Crippen MR) is 76.4 cm³/mol. The number of rotatable bonds is 2. The van der Waals surface area contributed by atoms with Gasteiger partial charge in [-0.05, 0) is 30.9 Å². The van der Waals surface area contributed by atoms with Crippen molar-refractivity contribution in [2.75, 3.05) is 31.2 Å². The third kappa shape index (κ3) is 3.30. The van der Waals surface area contributed by atoms with Crippen molar-refractivity contribution in [3.63, 3.8) is 0 Å². The molecule has 1 saturated heterocycles. The van der Waals surface area contributed by atoms with Crippen molar-refractivity contribution in [2.24, 2.45) is 5.92 Å². The summed E-state index contributed by atoms with van der Waals surface area (Å²) in [7, 11) is 1.59. The van der Waals surface area contributed by atoms with Gasteiger partial charge in [-0.25, -0.2) is 4.79 Å². The Kier molecular flexibility index (Phi) is 4.14. The number of nitrogens with one attached hydrogen (secondary N) is 1. The van der Waals surface area contributed by atoms with Crippen LogP contribution in [0.4, 0.5) is 16.2 Å². The number of anilines is 2. The number of likely N-dealkylation sites (tertiary alicyclic amines) is 1. The summed E-state index contributed by atoms with van der Waals surface area (Å²) in [5.74, 6) is 1.39. The normalized spacial score (nSPS) is 16.2. The summed E-state index contributed by atoms with van der Waals surface area (Å²) in [5.41, 5.74) is 7.02. The van der Waals surface area contributed by atoms with Crippen LogP contribution in [0.5, 0.6) is 5.75 Å². The van der Waals surface area contributed by atoms with E-state index in [0.29, 0.717) is 23.0 Å². The number of carbonyl (C=O) groups excluding carboxylic acids is 1. The highest BCUT2D eigenvalue weighted by Gasteiger charge is 2.20. The van der Waals surface area contributed by atoms with Gasteiger partial charge in [0.25, 0.3) is 0 Å². The standard InChI is InChI=1S/C14H21N3O2/c1-10-5-7-17(8-6-10)14(18)16-13-4-3-11(19-2)9-12(13)15/h3-4,9-10H,5-8,15H2,1-2H3,(H,16,18). The fourth-order valence-electron chi connectivity index (χ4n) is 2.19. The predicted octanol–water partition coefficient (Wildman–Crippen LogP) is 2.54. The van der Waals surface area contributed by atoms with Gasteiger partial charge < -0.3 is 20.7 Å². The van der Waals surface area contributed by atoms with E-state index in [1.54, 1.807) is 25.3 Å². The smallest absolute Gasteiger partial charge is 0.321 e. The average molecular weight is 263 g/mol. The lowest BCUT2D eigenvalue weighted by Gasteiger charge is -2.30. The van der Waals surface area contributed by atoms with Crippen molar-refractivity contribution >= 4 is 17.4 Å². The third-order valence-corrected chi connectivity index (χ3v) is 3.57. The number of piperidine rings is 1. The largest absolute Gasteiger partial charge is 0.497 e. The first-order valence-electron chi connectivity index (χ1n) is 6.59. The Hall–Kier alpha value is -1.91. The molecule has 2 amide bonds. The number of benzene rings is 1. The summed E-state index contributed by atoms with van der Waals surface area (Å²) in [6.45, 7) is 3.84. The van der Waals surface area contributed by atoms with Gasteiger partial charge in [-0.15, -0.1) is 0 Å². The highest BCUT2D eigenvalue weighted by atomic mass is 16.5. The summed E-state index contributed by atoms with van der Waals surface area (Å²) in [6, 6.07) is 5.17. The van der Waals surface area contributed by atoms with Gasteiger partial charge in [0.1, 0.15) is 5.75 Å². The van der Waals surface area contributed by atoms with Crippen molar-refractivity contribution in [1.82, 2.24) is 4.90 Å². The van der Waals surface area contributed by atoms with Crippen molar-refractivity contribution in [2.45, 2.75) is 19.8 Å². The zero-order valence-electron chi connectivity index (χ0n) is 11.5. The van der Waals surface area contributed by atoms with Crippen LogP contribution in [0.1, 0.15) is 19.8 Å². The Morgan fingerprint density at radius 2 is 2.11 bits per heavy atom. The molecule has 1 aliphatic heterocycles. The molecule has 2 rings (SSSR count). The van der Waals surface area contributed by atoms with Gasteiger partial charge >= 0.3 is 6.03 Å². The molecule has 0 saturated carbocycles. The number of urea groups is 1. The zero-order valence-corrected chi connectivity index (χ0v) is 11.5. The highest BCUT2D eigenvalue weighted by Crippen LogP contribution is 2.25. The number of nitrogens with two attached hydrogens (primary N) is 1. The molecule has 1 fully saturated rings. The third-order valence-electron chi connectivity index (χ3n) is 3.57. The van der Waals surface area contributed by atoms with E-state index in [1.807, 2.05) is 4.90 Å². The average Bonchev–Trinajstić information content (AvgIpc) is 2.41. The molecule has 0 aromatic heterocycles. The van der Waals surface area contributed by atoms with Crippen molar-refractivity contribution in [1.29, 1.82) is 0 Å². The molecule has 5 nitrogen and oxygen atoms in total. The molecule has 0 unspecified atom stereocenters. The second-order valence-corrected chi connectivity index (χ2v) is 5.05. The van der Waals surface area contributed by atoms with E-state index in [4.69, 9.17) is 10.5 Å². The molecule has 0 spiro atoms. The first-order valence-corrected chi connectivity index (χ1v) is 6.59. The Labute approximate surface area is 113 Å². The maximum absolute atomic E-state index is 12.1. The minimum atomic E-state index is -0.0798. The molecule has 0 atom stereocenters. The molecule has 1 aromatic rings. The number of hydrogen-bond acceptors (Lipinski definition) is 3. The molecule has 104 valence electrons. The highest BCUT2D eigenvalue weighted by molar-refractivity contribution is 5.92. The second-order valence-electron chi connectivity index (χ2n) is 5.05. The van der Waals surface area contributed by atoms with Gasteiger partial charge in [0.15, 0.2) is 0 Å². The Bertz CT molecular complexity index is 454. The van der Waals surface area contributed by atoms with Crippen LogP contribution in [-0.2, 0) is 0 Å². The van der Waals surface area contributed by atoms with Gasteiger partial charge in [0.2, 0.25) is 0 Å². The van der Waals surface area contributed by atoms with Crippen LogP contribution >= 0.6 is 0 Å². The first-order chi connectivity index (χ1) is 9.10. The molecule has 3 N–H and O–H groups in total. The maximum atomic E-state index is 12.1. The maximum Gasteiger partial charge on any atom is 0.321 e. The molecular formula is C14H21N3O2. The second kappa shape index (κ2) is 5.82.